The van der Waals surface area contributed by atoms with Crippen molar-refractivity contribution in [1.29, 1.82) is 0 Å². The highest BCUT2D eigenvalue weighted by Gasteiger charge is 2.11. The highest BCUT2D eigenvalue weighted by atomic mass is 79.9. The van der Waals surface area contributed by atoms with E-state index in [1.807, 2.05) is 24.3 Å². The summed E-state index contributed by atoms with van der Waals surface area (Å²) in [5.74, 6) is -0.354. The fourth-order valence-corrected chi connectivity index (χ4v) is 3.00. The highest BCUT2D eigenvalue weighted by molar-refractivity contribution is 9.10. The molecule has 0 bridgehead atoms. The number of ether oxygens (including phenoxy) is 1. The van der Waals surface area contributed by atoms with Crippen molar-refractivity contribution < 1.29 is 19.4 Å². The number of hydrogen-bond acceptors (Lipinski definition) is 4. The minimum absolute atomic E-state index is 0.0324. The number of aryl methyl sites for hydroxylation is 1. The average Bonchev–Trinajstić information content (AvgIpc) is 3.14. The van der Waals surface area contributed by atoms with E-state index in [9.17, 15) is 9.59 Å². The van der Waals surface area contributed by atoms with Gasteiger partial charge in [-0.05, 0) is 48.6 Å². The third-order valence-electron chi connectivity index (χ3n) is 4.25. The van der Waals surface area contributed by atoms with Gasteiger partial charge in [-0.3, -0.25) is 14.3 Å². The van der Waals surface area contributed by atoms with Crippen LogP contribution in [0.4, 0.5) is 0 Å². The van der Waals surface area contributed by atoms with Crippen LogP contribution in [0.25, 0.3) is 17.3 Å². The van der Waals surface area contributed by atoms with E-state index >= 15 is 0 Å². The minimum Gasteiger partial charge on any atom is -0.497 e. The predicted molar refractivity (Wildman–Crippen MR) is 114 cm³/mol. The number of carboxylic acid groups (broad SMARTS) is 1. The lowest BCUT2D eigenvalue weighted by Gasteiger charge is -2.01. The molecule has 0 aliphatic rings. The van der Waals surface area contributed by atoms with Gasteiger partial charge in [-0.25, -0.2) is 0 Å². The predicted octanol–water partition coefficient (Wildman–Crippen LogP) is 4.69. The summed E-state index contributed by atoms with van der Waals surface area (Å²) in [5, 5.41) is 13.4. The summed E-state index contributed by atoms with van der Waals surface area (Å²) in [4.78, 5) is 23.4. The molecule has 0 aliphatic heterocycles. The number of allylic oxidation sites excluding steroid dienone is 1. The van der Waals surface area contributed by atoms with E-state index < -0.39 is 5.97 Å². The Morgan fingerprint density at radius 2 is 1.83 bits per heavy atom. The van der Waals surface area contributed by atoms with Gasteiger partial charge < -0.3 is 9.84 Å². The van der Waals surface area contributed by atoms with Crippen LogP contribution in [0.5, 0.6) is 5.75 Å². The summed E-state index contributed by atoms with van der Waals surface area (Å²) in [6.07, 6.45) is 4.91. The molecule has 6 nitrogen and oxygen atoms in total. The maximum atomic E-state index is 12.5. The number of benzene rings is 2. The summed E-state index contributed by atoms with van der Waals surface area (Å²) in [7, 11) is 1.57. The van der Waals surface area contributed by atoms with Gasteiger partial charge in [0.25, 0.3) is 0 Å². The Hall–Kier alpha value is -3.19. The van der Waals surface area contributed by atoms with Gasteiger partial charge >= 0.3 is 5.97 Å². The number of rotatable bonds is 8. The molecule has 0 fully saturated rings. The van der Waals surface area contributed by atoms with Crippen LogP contribution in [0.1, 0.15) is 22.3 Å². The van der Waals surface area contributed by atoms with Crippen LogP contribution in [-0.4, -0.2) is 33.7 Å². The zero-order chi connectivity index (χ0) is 20.8. The number of aliphatic carboxylic acids is 1. The fraction of sp³-hybridized carbons (Fsp3) is 0.136. The van der Waals surface area contributed by atoms with Gasteiger partial charge in [0, 0.05) is 27.4 Å². The van der Waals surface area contributed by atoms with Gasteiger partial charge in [0.05, 0.1) is 25.8 Å². The van der Waals surface area contributed by atoms with Crippen molar-refractivity contribution in [1.82, 2.24) is 9.78 Å². The van der Waals surface area contributed by atoms with Crippen molar-refractivity contribution in [3.8, 4) is 17.0 Å². The van der Waals surface area contributed by atoms with Gasteiger partial charge in [0.2, 0.25) is 0 Å². The van der Waals surface area contributed by atoms with E-state index in [0.29, 0.717) is 17.0 Å². The molecule has 3 aromatic rings. The largest absolute Gasteiger partial charge is 0.497 e. The van der Waals surface area contributed by atoms with Crippen LogP contribution in [0, 0.1) is 0 Å². The van der Waals surface area contributed by atoms with Crippen molar-refractivity contribution in [2.45, 2.75) is 13.0 Å². The summed E-state index contributed by atoms with van der Waals surface area (Å²) >= 11 is 3.41. The van der Waals surface area contributed by atoms with Crippen molar-refractivity contribution in [3.05, 3.63) is 76.4 Å². The number of nitrogens with zero attached hydrogens (tertiary/aromatic N) is 2. The lowest BCUT2D eigenvalue weighted by atomic mass is 10.1. The molecule has 0 atom stereocenters. The van der Waals surface area contributed by atoms with Gasteiger partial charge in [-0.2, -0.15) is 5.10 Å². The second kappa shape index (κ2) is 9.34. The number of halogens is 1. The van der Waals surface area contributed by atoms with E-state index in [0.717, 1.165) is 15.6 Å². The molecular weight excluding hydrogens is 436 g/mol. The van der Waals surface area contributed by atoms with Crippen molar-refractivity contribution in [3.63, 3.8) is 0 Å². The van der Waals surface area contributed by atoms with Crippen molar-refractivity contribution >= 4 is 33.8 Å². The number of ketones is 1. The summed E-state index contributed by atoms with van der Waals surface area (Å²) in [6.45, 7) is 0.249. The van der Waals surface area contributed by atoms with Crippen molar-refractivity contribution in [2.24, 2.45) is 0 Å². The molecule has 3 rings (SSSR count). The van der Waals surface area contributed by atoms with Crippen LogP contribution in [0.3, 0.4) is 0 Å². The van der Waals surface area contributed by atoms with Crippen LogP contribution >= 0.6 is 15.9 Å². The Bertz CT molecular complexity index is 1040. The topological polar surface area (TPSA) is 81.4 Å². The Morgan fingerprint density at radius 1 is 1.14 bits per heavy atom. The van der Waals surface area contributed by atoms with Crippen LogP contribution in [0.15, 0.2) is 65.3 Å². The molecule has 29 heavy (non-hydrogen) atoms. The SMILES string of the molecule is COc1ccc(C(=O)C=Cc2cn(CCC(=O)O)nc2-c2ccc(Br)cc2)cc1. The summed E-state index contributed by atoms with van der Waals surface area (Å²) in [5.41, 5.74) is 2.84. The van der Waals surface area contributed by atoms with Crippen molar-refractivity contribution in [2.75, 3.05) is 7.11 Å². The molecule has 1 N–H and O–H groups in total. The zero-order valence-electron chi connectivity index (χ0n) is 15.7. The van der Waals surface area contributed by atoms with E-state index in [1.165, 1.54) is 6.08 Å². The van der Waals surface area contributed by atoms with E-state index in [4.69, 9.17) is 9.84 Å². The monoisotopic (exact) mass is 454 g/mol. The molecule has 0 aliphatic carbocycles. The lowest BCUT2D eigenvalue weighted by Crippen LogP contribution is -2.04. The maximum Gasteiger partial charge on any atom is 0.305 e. The summed E-state index contributed by atoms with van der Waals surface area (Å²) in [6, 6.07) is 14.5. The quantitative estimate of drug-likeness (QED) is 0.394. The number of methoxy groups -OCH3 is 1. The minimum atomic E-state index is -0.891. The molecule has 0 saturated carbocycles. The Labute approximate surface area is 176 Å². The first-order chi connectivity index (χ1) is 14.0. The standard InChI is InChI=1S/C22H19BrN2O4/c1-29-19-9-4-15(5-10-19)20(26)11-6-17-14-25(13-12-21(27)28)24-22(17)16-2-7-18(23)8-3-16/h2-11,14H,12-13H2,1H3,(H,27,28). The van der Waals surface area contributed by atoms with Gasteiger partial charge in [-0.15, -0.1) is 0 Å². The number of carbonyl (C=O) groups is 2. The Morgan fingerprint density at radius 3 is 2.45 bits per heavy atom. The van der Waals surface area contributed by atoms with Gasteiger partial charge in [0.15, 0.2) is 5.78 Å². The molecule has 0 unspecified atom stereocenters. The molecule has 2 aromatic carbocycles. The Balaban J connectivity index is 1.88. The lowest BCUT2D eigenvalue weighted by molar-refractivity contribution is -0.137. The van der Waals surface area contributed by atoms with E-state index in [1.54, 1.807) is 48.3 Å². The molecule has 0 radical (unpaired) electrons. The third-order valence-corrected chi connectivity index (χ3v) is 4.78. The van der Waals surface area contributed by atoms with E-state index in [2.05, 4.69) is 21.0 Å². The van der Waals surface area contributed by atoms with Crippen LogP contribution < -0.4 is 4.74 Å². The average molecular weight is 455 g/mol. The number of carbonyl (C=O) groups excluding carboxylic acids is 1. The molecule has 1 heterocycles. The maximum absolute atomic E-state index is 12.5. The molecular formula is C22H19BrN2O4. The first-order valence-electron chi connectivity index (χ1n) is 8.88. The van der Waals surface area contributed by atoms with Crippen LogP contribution in [0.2, 0.25) is 0 Å². The molecule has 0 saturated heterocycles. The first-order valence-corrected chi connectivity index (χ1v) is 9.67. The molecule has 0 amide bonds. The molecule has 0 spiro atoms. The smallest absolute Gasteiger partial charge is 0.305 e. The van der Waals surface area contributed by atoms with E-state index in [-0.39, 0.29) is 18.7 Å². The molecule has 7 heteroatoms. The highest BCUT2D eigenvalue weighted by Crippen LogP contribution is 2.25. The third kappa shape index (κ3) is 5.42. The molecule has 1 aromatic heterocycles. The summed E-state index contributed by atoms with van der Waals surface area (Å²) < 4.78 is 7.64. The number of carboxylic acids is 1. The Kier molecular flexibility index (Phi) is 6.61. The molecule has 148 valence electrons. The second-order valence-corrected chi connectivity index (χ2v) is 7.19. The van der Waals surface area contributed by atoms with Gasteiger partial charge in [-0.1, -0.05) is 28.1 Å². The second-order valence-electron chi connectivity index (χ2n) is 6.27. The number of aromatic nitrogens is 2. The van der Waals surface area contributed by atoms with Crippen LogP contribution in [-0.2, 0) is 11.3 Å². The fourth-order valence-electron chi connectivity index (χ4n) is 2.73. The van der Waals surface area contributed by atoms with Gasteiger partial charge in [0.1, 0.15) is 5.75 Å². The normalized spacial score (nSPS) is 11.0. The first kappa shape index (κ1) is 20.5. The zero-order valence-corrected chi connectivity index (χ0v) is 17.3. The number of hydrogen-bond donors (Lipinski definition) is 1.